The Labute approximate surface area is 126 Å². The van der Waals surface area contributed by atoms with Crippen LogP contribution in [-0.4, -0.2) is 21.6 Å². The Morgan fingerprint density at radius 2 is 2.19 bits per heavy atom. The largest absolute Gasteiger partial charge is 0.383 e. The SMILES string of the molecule is CCc1ccccc1NC(=O)CSc1nc(N)cc(=O)[nH]1. The van der Waals surface area contributed by atoms with Crippen LogP contribution in [0.15, 0.2) is 40.3 Å². The number of aryl methyl sites for hydroxylation is 1. The summed E-state index contributed by atoms with van der Waals surface area (Å²) in [7, 11) is 0. The van der Waals surface area contributed by atoms with Gasteiger partial charge in [0.25, 0.3) is 5.56 Å². The van der Waals surface area contributed by atoms with E-state index in [0.717, 1.165) is 29.4 Å². The lowest BCUT2D eigenvalue weighted by Gasteiger charge is -2.09. The lowest BCUT2D eigenvalue weighted by molar-refractivity contribution is -0.113. The number of carbonyl (C=O) groups is 1. The van der Waals surface area contributed by atoms with Gasteiger partial charge in [-0.05, 0) is 18.1 Å². The van der Waals surface area contributed by atoms with Crippen molar-refractivity contribution in [3.8, 4) is 0 Å². The Balaban J connectivity index is 1.97. The number of nitrogens with zero attached hydrogens (tertiary/aromatic N) is 1. The van der Waals surface area contributed by atoms with Crippen molar-refractivity contribution >= 4 is 29.2 Å². The van der Waals surface area contributed by atoms with Crippen molar-refractivity contribution in [3.63, 3.8) is 0 Å². The topological polar surface area (TPSA) is 101 Å². The van der Waals surface area contributed by atoms with Crippen LogP contribution in [0.5, 0.6) is 0 Å². The number of aromatic nitrogens is 2. The second-order valence-corrected chi connectivity index (χ2v) is 5.29. The van der Waals surface area contributed by atoms with Crippen molar-refractivity contribution < 1.29 is 4.79 Å². The second-order valence-electron chi connectivity index (χ2n) is 4.32. The average molecular weight is 304 g/mol. The van der Waals surface area contributed by atoms with Crippen LogP contribution in [0.1, 0.15) is 12.5 Å². The van der Waals surface area contributed by atoms with Gasteiger partial charge in [-0.25, -0.2) is 4.98 Å². The van der Waals surface area contributed by atoms with E-state index in [9.17, 15) is 9.59 Å². The molecule has 2 rings (SSSR count). The maximum atomic E-state index is 11.9. The van der Waals surface area contributed by atoms with Crippen molar-refractivity contribution in [1.29, 1.82) is 0 Å². The third kappa shape index (κ3) is 4.35. The Morgan fingerprint density at radius 1 is 1.43 bits per heavy atom. The summed E-state index contributed by atoms with van der Waals surface area (Å²) in [6.07, 6.45) is 0.841. The highest BCUT2D eigenvalue weighted by Crippen LogP contribution is 2.17. The zero-order valence-corrected chi connectivity index (χ0v) is 12.4. The standard InChI is InChI=1S/C14H16N4O2S/c1-2-9-5-3-4-6-10(9)16-13(20)8-21-14-17-11(15)7-12(19)18-14/h3-7H,2,8H2,1H3,(H,16,20)(H3,15,17,18,19). The summed E-state index contributed by atoms with van der Waals surface area (Å²) in [4.78, 5) is 29.7. The molecule has 21 heavy (non-hydrogen) atoms. The summed E-state index contributed by atoms with van der Waals surface area (Å²) in [5, 5.41) is 3.18. The van der Waals surface area contributed by atoms with Crippen LogP contribution in [0.2, 0.25) is 0 Å². The lowest BCUT2D eigenvalue weighted by Crippen LogP contribution is -2.16. The number of hydrogen-bond donors (Lipinski definition) is 3. The molecule has 4 N–H and O–H groups in total. The third-order valence-corrected chi connectivity index (χ3v) is 3.63. The molecule has 7 heteroatoms. The summed E-state index contributed by atoms with van der Waals surface area (Å²) in [6.45, 7) is 2.03. The van der Waals surface area contributed by atoms with Gasteiger partial charge in [-0.1, -0.05) is 36.9 Å². The van der Waals surface area contributed by atoms with Gasteiger partial charge >= 0.3 is 0 Å². The maximum absolute atomic E-state index is 11.9. The summed E-state index contributed by atoms with van der Waals surface area (Å²) < 4.78 is 0. The molecular weight excluding hydrogens is 288 g/mol. The third-order valence-electron chi connectivity index (χ3n) is 2.75. The monoisotopic (exact) mass is 304 g/mol. The summed E-state index contributed by atoms with van der Waals surface area (Å²) in [5.74, 6) is 0.119. The van der Waals surface area contributed by atoms with E-state index in [2.05, 4.69) is 15.3 Å². The molecule has 110 valence electrons. The lowest BCUT2D eigenvalue weighted by atomic mass is 10.1. The number of nitrogens with two attached hydrogens (primary N) is 1. The molecule has 0 spiro atoms. The van der Waals surface area contributed by atoms with Crippen molar-refractivity contribution in [2.45, 2.75) is 18.5 Å². The number of para-hydroxylation sites is 1. The van der Waals surface area contributed by atoms with E-state index in [1.165, 1.54) is 6.07 Å². The summed E-state index contributed by atoms with van der Waals surface area (Å²) >= 11 is 1.13. The number of nitrogen functional groups attached to an aromatic ring is 1. The minimum atomic E-state index is -0.332. The van der Waals surface area contributed by atoms with Crippen LogP contribution in [0.4, 0.5) is 11.5 Å². The van der Waals surface area contributed by atoms with Gasteiger partial charge in [0.1, 0.15) is 5.82 Å². The molecule has 1 amide bonds. The molecule has 0 unspecified atom stereocenters. The Kier molecular flexibility index (Phi) is 4.99. The van der Waals surface area contributed by atoms with Crippen LogP contribution >= 0.6 is 11.8 Å². The first-order valence-electron chi connectivity index (χ1n) is 6.46. The molecule has 1 aromatic heterocycles. The zero-order valence-electron chi connectivity index (χ0n) is 11.6. The first kappa shape index (κ1) is 15.1. The number of thioether (sulfide) groups is 1. The molecule has 1 aromatic carbocycles. The van der Waals surface area contributed by atoms with E-state index in [-0.39, 0.29) is 23.0 Å². The Bertz CT molecular complexity index is 699. The van der Waals surface area contributed by atoms with E-state index < -0.39 is 0 Å². The van der Waals surface area contributed by atoms with Gasteiger partial charge < -0.3 is 16.0 Å². The predicted molar refractivity (Wildman–Crippen MR) is 84.4 cm³/mol. The van der Waals surface area contributed by atoms with Gasteiger partial charge in [-0.3, -0.25) is 9.59 Å². The van der Waals surface area contributed by atoms with Gasteiger partial charge in [0.05, 0.1) is 5.75 Å². The zero-order chi connectivity index (χ0) is 15.2. The molecule has 0 aliphatic heterocycles. The number of hydrogen-bond acceptors (Lipinski definition) is 5. The molecule has 0 aliphatic carbocycles. The van der Waals surface area contributed by atoms with Crippen LogP contribution in [0, 0.1) is 0 Å². The number of anilines is 2. The highest BCUT2D eigenvalue weighted by Gasteiger charge is 2.08. The van der Waals surface area contributed by atoms with Gasteiger partial charge in [-0.2, -0.15) is 0 Å². The molecule has 0 saturated heterocycles. The molecule has 6 nitrogen and oxygen atoms in total. The van der Waals surface area contributed by atoms with Crippen molar-refractivity contribution in [2.24, 2.45) is 0 Å². The number of benzene rings is 1. The van der Waals surface area contributed by atoms with Crippen LogP contribution in [-0.2, 0) is 11.2 Å². The van der Waals surface area contributed by atoms with Crippen LogP contribution < -0.4 is 16.6 Å². The number of nitrogens with one attached hydrogen (secondary N) is 2. The maximum Gasteiger partial charge on any atom is 0.253 e. The van der Waals surface area contributed by atoms with E-state index in [1.54, 1.807) is 0 Å². The predicted octanol–water partition coefficient (Wildman–Crippen LogP) is 1.65. The fraction of sp³-hybridized carbons (Fsp3) is 0.214. The number of amides is 1. The minimum absolute atomic E-state index is 0.137. The number of carbonyl (C=O) groups excluding carboxylic acids is 1. The fourth-order valence-corrected chi connectivity index (χ4v) is 2.48. The summed E-state index contributed by atoms with van der Waals surface area (Å²) in [6, 6.07) is 8.84. The molecule has 0 fully saturated rings. The number of H-pyrrole nitrogens is 1. The van der Waals surface area contributed by atoms with Crippen molar-refractivity contribution in [2.75, 3.05) is 16.8 Å². The molecule has 2 aromatic rings. The molecule has 0 bridgehead atoms. The highest BCUT2D eigenvalue weighted by atomic mass is 32.2. The van der Waals surface area contributed by atoms with Gasteiger partial charge in [0, 0.05) is 11.8 Å². The van der Waals surface area contributed by atoms with E-state index in [0.29, 0.717) is 5.16 Å². The Morgan fingerprint density at radius 3 is 2.90 bits per heavy atom. The molecule has 0 radical (unpaired) electrons. The van der Waals surface area contributed by atoms with Crippen LogP contribution in [0.3, 0.4) is 0 Å². The first-order valence-corrected chi connectivity index (χ1v) is 7.44. The molecule has 0 atom stereocenters. The van der Waals surface area contributed by atoms with E-state index in [4.69, 9.17) is 5.73 Å². The summed E-state index contributed by atoms with van der Waals surface area (Å²) in [5.41, 5.74) is 7.03. The van der Waals surface area contributed by atoms with Gasteiger partial charge in [-0.15, -0.1) is 0 Å². The highest BCUT2D eigenvalue weighted by molar-refractivity contribution is 7.99. The Hall–Kier alpha value is -2.28. The van der Waals surface area contributed by atoms with Gasteiger partial charge in [0.2, 0.25) is 5.91 Å². The van der Waals surface area contributed by atoms with E-state index in [1.807, 2.05) is 31.2 Å². The normalized spacial score (nSPS) is 10.3. The molecule has 0 saturated carbocycles. The molecule has 1 heterocycles. The van der Waals surface area contributed by atoms with E-state index >= 15 is 0 Å². The minimum Gasteiger partial charge on any atom is -0.383 e. The van der Waals surface area contributed by atoms with Crippen molar-refractivity contribution in [3.05, 3.63) is 46.2 Å². The quantitative estimate of drug-likeness (QED) is 0.576. The first-order chi connectivity index (χ1) is 10.1. The van der Waals surface area contributed by atoms with Gasteiger partial charge in [0.15, 0.2) is 5.16 Å². The number of rotatable bonds is 5. The van der Waals surface area contributed by atoms with Crippen LogP contribution in [0.25, 0.3) is 0 Å². The van der Waals surface area contributed by atoms with Crippen molar-refractivity contribution in [1.82, 2.24) is 9.97 Å². The average Bonchev–Trinajstić information content (AvgIpc) is 2.45. The molecular formula is C14H16N4O2S. The number of aromatic amines is 1. The molecule has 0 aliphatic rings. The fourth-order valence-electron chi connectivity index (χ4n) is 1.79. The second kappa shape index (κ2) is 6.94. The smallest absolute Gasteiger partial charge is 0.253 e.